The number of rotatable bonds is 11. The molecular formula is C11H9F13O5S. The second kappa shape index (κ2) is 8.65. The van der Waals surface area contributed by atoms with E-state index in [0.717, 1.165) is 0 Å². The summed E-state index contributed by atoms with van der Waals surface area (Å²) in [6.07, 6.45) is -8.99. The molecule has 0 aromatic heterocycles. The molecule has 0 aliphatic rings. The minimum atomic E-state index is -7.99. The van der Waals surface area contributed by atoms with Gasteiger partial charge >= 0.3 is 37.2 Å². The standard InChI is InChI=1S/C11H9F13O5S/c12-6(13,2-1-3-28-4-5-29-30(25,26)27)7(14,15)8(16,17)9(18,19)10(20,21)11(22,23)24/h1-2H,3-5H2,(H,25,26,27). The third-order valence-electron chi connectivity index (χ3n) is 2.95. The summed E-state index contributed by atoms with van der Waals surface area (Å²) < 4.78 is 204. The fraction of sp³-hybridized carbons (Fsp3) is 0.818. The van der Waals surface area contributed by atoms with Gasteiger partial charge in [0.15, 0.2) is 0 Å². The lowest BCUT2D eigenvalue weighted by molar-refractivity contribution is -0.436. The fourth-order valence-electron chi connectivity index (χ4n) is 1.43. The van der Waals surface area contributed by atoms with E-state index in [1.165, 1.54) is 0 Å². The number of hydrogen-bond donors (Lipinski definition) is 0. The summed E-state index contributed by atoms with van der Waals surface area (Å²) in [5.41, 5.74) is 0. The van der Waals surface area contributed by atoms with Crippen molar-refractivity contribution < 1.29 is 80.4 Å². The van der Waals surface area contributed by atoms with Gasteiger partial charge in [0.2, 0.25) is 10.4 Å². The lowest BCUT2D eigenvalue weighted by Gasteiger charge is -2.39. The molecule has 0 spiro atoms. The predicted molar refractivity (Wildman–Crippen MR) is 67.5 cm³/mol. The molecule has 0 unspecified atom stereocenters. The Balaban J connectivity index is 0. The first-order valence-corrected chi connectivity index (χ1v) is 8.10. The second-order valence-corrected chi connectivity index (χ2v) is 6.18. The topological polar surface area (TPSA) is 75.7 Å². The molecule has 0 aromatic rings. The zero-order valence-electron chi connectivity index (χ0n) is 14.6. The Hall–Kier alpha value is -1.34. The van der Waals surface area contributed by atoms with Gasteiger partial charge in [-0.2, -0.15) is 57.1 Å². The molecule has 0 aromatic carbocycles. The number of allylic oxidation sites excluding steroid dienone is 1. The molecule has 0 atom stereocenters. The van der Waals surface area contributed by atoms with E-state index in [9.17, 15) is 70.0 Å². The van der Waals surface area contributed by atoms with Gasteiger partial charge in [-0.1, -0.05) is 6.08 Å². The number of halogens is 13. The van der Waals surface area contributed by atoms with Crippen LogP contribution in [0.3, 0.4) is 0 Å². The molecule has 0 bridgehead atoms. The maximum Gasteiger partial charge on any atom is 1.00 e. The Morgan fingerprint density at radius 3 is 1.57 bits per heavy atom. The van der Waals surface area contributed by atoms with E-state index in [4.69, 9.17) is 0 Å². The van der Waals surface area contributed by atoms with Gasteiger partial charge in [-0.25, -0.2) is 8.42 Å². The van der Waals surface area contributed by atoms with Crippen LogP contribution in [-0.4, -0.2) is 68.6 Å². The highest BCUT2D eigenvalue weighted by Crippen LogP contribution is 2.60. The molecule has 0 heterocycles. The molecule has 0 rings (SSSR count). The van der Waals surface area contributed by atoms with Crippen LogP contribution in [0.15, 0.2) is 12.2 Å². The molecular weight excluding hydrogens is 491 g/mol. The van der Waals surface area contributed by atoms with E-state index in [-0.39, 0.29) is 7.50 Å². The molecule has 0 saturated heterocycles. The highest BCUT2D eigenvalue weighted by atomic mass is 32.3. The molecule has 19 heteroatoms. The third kappa shape index (κ3) is 5.67. The molecule has 0 radical (unpaired) electrons. The van der Waals surface area contributed by atoms with E-state index in [1.54, 1.807) is 0 Å². The van der Waals surface area contributed by atoms with Crippen molar-refractivity contribution in [2.24, 2.45) is 0 Å². The van der Waals surface area contributed by atoms with Gasteiger partial charge in [-0.3, -0.25) is 4.18 Å². The largest absolute Gasteiger partial charge is 1.00 e. The minimum Gasteiger partial charge on any atom is -0.726 e. The Morgan fingerprint density at radius 1 is 0.733 bits per heavy atom. The van der Waals surface area contributed by atoms with Gasteiger partial charge in [0.25, 0.3) is 0 Å². The molecule has 0 saturated carbocycles. The van der Waals surface area contributed by atoms with Gasteiger partial charge in [-0.05, 0) is 6.08 Å². The van der Waals surface area contributed by atoms with E-state index in [2.05, 4.69) is 8.92 Å². The Labute approximate surface area is 159 Å². The second-order valence-electron chi connectivity index (χ2n) is 5.13. The van der Waals surface area contributed by atoms with Crippen LogP contribution < -0.4 is 0 Å². The smallest absolute Gasteiger partial charge is 0.726 e. The van der Waals surface area contributed by atoms with Gasteiger partial charge in [0.05, 0.1) is 19.8 Å². The zero-order valence-corrected chi connectivity index (χ0v) is 14.5. The Kier molecular flexibility index (Phi) is 8.27. The maximum atomic E-state index is 13.3. The summed E-state index contributed by atoms with van der Waals surface area (Å²) in [5, 5.41) is 0. The van der Waals surface area contributed by atoms with Gasteiger partial charge in [0.1, 0.15) is 0 Å². The van der Waals surface area contributed by atoms with Crippen LogP contribution in [0, 0.1) is 0 Å². The van der Waals surface area contributed by atoms with Crippen molar-refractivity contribution in [2.45, 2.75) is 35.8 Å². The van der Waals surface area contributed by atoms with Crippen molar-refractivity contribution in [1.82, 2.24) is 0 Å². The molecule has 30 heavy (non-hydrogen) atoms. The predicted octanol–water partition coefficient (Wildman–Crippen LogP) is 3.89. The van der Waals surface area contributed by atoms with Crippen molar-refractivity contribution in [3.8, 4) is 0 Å². The summed E-state index contributed by atoms with van der Waals surface area (Å²) in [6, 6.07) is 0. The van der Waals surface area contributed by atoms with Gasteiger partial charge in [-0.15, -0.1) is 0 Å². The fourth-order valence-corrected chi connectivity index (χ4v) is 1.70. The Morgan fingerprint density at radius 2 is 1.17 bits per heavy atom. The molecule has 0 fully saturated rings. The van der Waals surface area contributed by atoms with Crippen LogP contribution >= 0.6 is 0 Å². The van der Waals surface area contributed by atoms with Crippen molar-refractivity contribution in [3.05, 3.63) is 12.2 Å². The summed E-state index contributed by atoms with van der Waals surface area (Å²) in [7, 11) is -5.18. The van der Waals surface area contributed by atoms with Crippen LogP contribution in [0.1, 0.15) is 1.43 Å². The SMILES string of the molecule is O=S(=O)([O-])OCCOCC=CC(F)(F)C(F)(F)C(F)(F)C(F)(F)C(F)(F)C(F)(F)F.[H+]. The lowest BCUT2D eigenvalue weighted by Crippen LogP contribution is -2.69. The number of alkyl halides is 13. The van der Waals surface area contributed by atoms with Gasteiger partial charge < -0.3 is 9.29 Å². The van der Waals surface area contributed by atoms with E-state index >= 15 is 0 Å². The first kappa shape index (κ1) is 28.7. The van der Waals surface area contributed by atoms with Crippen molar-refractivity contribution >= 4 is 10.4 Å². The van der Waals surface area contributed by atoms with Crippen molar-refractivity contribution in [2.75, 3.05) is 19.8 Å². The average Bonchev–Trinajstić information content (AvgIpc) is 2.50. The van der Waals surface area contributed by atoms with E-state index < -0.39 is 72.1 Å². The molecule has 0 amide bonds. The highest BCUT2D eigenvalue weighted by molar-refractivity contribution is 7.80. The molecule has 5 nitrogen and oxygen atoms in total. The van der Waals surface area contributed by atoms with Crippen molar-refractivity contribution in [1.29, 1.82) is 0 Å². The highest BCUT2D eigenvalue weighted by Gasteiger charge is 2.90. The summed E-state index contributed by atoms with van der Waals surface area (Å²) in [6.45, 7) is -3.13. The summed E-state index contributed by atoms with van der Waals surface area (Å²) in [5.74, 6) is -37.5. The van der Waals surface area contributed by atoms with Crippen molar-refractivity contribution in [3.63, 3.8) is 0 Å². The number of hydrogen-bond acceptors (Lipinski definition) is 5. The number of ether oxygens (including phenoxy) is 1. The molecule has 0 aliphatic carbocycles. The lowest BCUT2D eigenvalue weighted by atomic mass is 9.94. The molecule has 0 aliphatic heterocycles. The Bertz CT molecular complexity index is 720. The minimum absolute atomic E-state index is 0. The third-order valence-corrected chi connectivity index (χ3v) is 3.41. The van der Waals surface area contributed by atoms with E-state index in [1.807, 2.05) is 0 Å². The first-order chi connectivity index (χ1) is 13.0. The van der Waals surface area contributed by atoms with Crippen LogP contribution in [0.4, 0.5) is 57.1 Å². The van der Waals surface area contributed by atoms with E-state index in [0.29, 0.717) is 0 Å². The normalized spacial score (nSPS) is 15.8. The first-order valence-electron chi connectivity index (χ1n) is 6.77. The molecule has 0 N–H and O–H groups in total. The molecule has 180 valence electrons. The summed E-state index contributed by atoms with van der Waals surface area (Å²) in [4.78, 5) is 0. The van der Waals surface area contributed by atoms with Crippen LogP contribution in [0.5, 0.6) is 0 Å². The maximum absolute atomic E-state index is 13.3. The average molecular weight is 500 g/mol. The van der Waals surface area contributed by atoms with Gasteiger partial charge in [0, 0.05) is 0 Å². The monoisotopic (exact) mass is 500 g/mol. The quantitative estimate of drug-likeness (QED) is 0.142. The van der Waals surface area contributed by atoms with Crippen LogP contribution in [-0.2, 0) is 19.3 Å². The summed E-state index contributed by atoms with van der Waals surface area (Å²) >= 11 is 0. The zero-order chi connectivity index (χ0) is 24.4. The van der Waals surface area contributed by atoms with Crippen LogP contribution in [0.25, 0.3) is 0 Å². The van der Waals surface area contributed by atoms with Crippen LogP contribution in [0.2, 0.25) is 0 Å².